The van der Waals surface area contributed by atoms with E-state index in [0.29, 0.717) is 0 Å². The van der Waals surface area contributed by atoms with Crippen LogP contribution in [0.4, 0.5) is 5.69 Å². The molecule has 0 radical (unpaired) electrons. The molecule has 4 aromatic rings. The highest BCUT2D eigenvalue weighted by Crippen LogP contribution is 2.27. The Labute approximate surface area is 134 Å². The van der Waals surface area contributed by atoms with Gasteiger partial charge in [-0.25, -0.2) is 9.50 Å². The van der Waals surface area contributed by atoms with Gasteiger partial charge < -0.3 is 5.73 Å². The molecule has 0 amide bonds. The maximum atomic E-state index is 6.12. The van der Waals surface area contributed by atoms with E-state index in [1.165, 1.54) is 5.56 Å². The topological polar surface area (TPSA) is 61.1 Å². The van der Waals surface area contributed by atoms with Gasteiger partial charge in [0.1, 0.15) is 0 Å². The average Bonchev–Trinajstić information content (AvgIpc) is 3.15. The Bertz CT molecular complexity index is 995. The molecule has 0 spiro atoms. The van der Waals surface area contributed by atoms with Gasteiger partial charge in [0, 0.05) is 35.9 Å². The Morgan fingerprint density at radius 2 is 1.91 bits per heavy atom. The molecule has 0 aliphatic rings. The molecular weight excluding hydrogens is 286 g/mol. The minimum absolute atomic E-state index is 0.787. The standard InChI is InChI=1S/C18H17N5/c1-12-5-6-15(19)13(2)18(12)22-9-7-17-21-11-16(23(17)22)14-4-3-8-20-10-14/h3-11H,19H2,1-2H3. The Hall–Kier alpha value is -3.08. The van der Waals surface area contributed by atoms with E-state index in [1.807, 2.05) is 55.8 Å². The number of nitrogen functional groups attached to an aromatic ring is 1. The number of aromatic nitrogens is 4. The fourth-order valence-corrected chi connectivity index (χ4v) is 2.99. The summed E-state index contributed by atoms with van der Waals surface area (Å²) in [6.45, 7) is 4.14. The van der Waals surface area contributed by atoms with Gasteiger partial charge in [-0.05, 0) is 43.2 Å². The molecule has 0 saturated carbocycles. The second-order valence-electron chi connectivity index (χ2n) is 5.66. The highest BCUT2D eigenvalue weighted by molar-refractivity contribution is 5.65. The van der Waals surface area contributed by atoms with E-state index >= 15 is 0 Å². The van der Waals surface area contributed by atoms with Crippen molar-refractivity contribution in [3.63, 3.8) is 0 Å². The number of anilines is 1. The molecular formula is C18H17N5. The van der Waals surface area contributed by atoms with Gasteiger partial charge in [-0.15, -0.1) is 0 Å². The predicted molar refractivity (Wildman–Crippen MR) is 91.6 cm³/mol. The van der Waals surface area contributed by atoms with E-state index in [-0.39, 0.29) is 0 Å². The monoisotopic (exact) mass is 303 g/mol. The van der Waals surface area contributed by atoms with Crippen LogP contribution in [0.5, 0.6) is 0 Å². The first-order valence-electron chi connectivity index (χ1n) is 7.48. The third-order valence-electron chi connectivity index (χ3n) is 4.21. The lowest BCUT2D eigenvalue weighted by atomic mass is 10.1. The van der Waals surface area contributed by atoms with Crippen molar-refractivity contribution in [2.45, 2.75) is 13.8 Å². The zero-order valence-electron chi connectivity index (χ0n) is 13.1. The van der Waals surface area contributed by atoms with Crippen molar-refractivity contribution < 1.29 is 0 Å². The van der Waals surface area contributed by atoms with Gasteiger partial charge in [0.2, 0.25) is 0 Å². The van der Waals surface area contributed by atoms with Crippen molar-refractivity contribution in [2.75, 3.05) is 5.73 Å². The van der Waals surface area contributed by atoms with Crippen LogP contribution in [0.1, 0.15) is 11.1 Å². The van der Waals surface area contributed by atoms with Crippen LogP contribution in [0.2, 0.25) is 0 Å². The van der Waals surface area contributed by atoms with E-state index in [2.05, 4.69) is 26.1 Å². The van der Waals surface area contributed by atoms with Gasteiger partial charge in [-0.2, -0.15) is 0 Å². The largest absolute Gasteiger partial charge is 0.398 e. The molecule has 5 heteroatoms. The van der Waals surface area contributed by atoms with Crippen molar-refractivity contribution in [1.82, 2.24) is 19.2 Å². The summed E-state index contributed by atoms with van der Waals surface area (Å²) >= 11 is 0. The van der Waals surface area contributed by atoms with Crippen LogP contribution in [0.25, 0.3) is 22.6 Å². The number of nitrogens with two attached hydrogens (primary N) is 1. The van der Waals surface area contributed by atoms with Crippen LogP contribution < -0.4 is 5.73 Å². The number of hydrogen-bond acceptors (Lipinski definition) is 3. The first-order chi connectivity index (χ1) is 11.2. The van der Waals surface area contributed by atoms with Crippen molar-refractivity contribution >= 4 is 11.3 Å². The molecule has 0 bridgehead atoms. The fourth-order valence-electron chi connectivity index (χ4n) is 2.99. The van der Waals surface area contributed by atoms with Gasteiger partial charge in [0.15, 0.2) is 5.65 Å². The number of imidazole rings is 1. The molecule has 1 aromatic carbocycles. The van der Waals surface area contributed by atoms with Crippen LogP contribution in [-0.4, -0.2) is 19.2 Å². The summed E-state index contributed by atoms with van der Waals surface area (Å²) in [6.07, 6.45) is 7.52. The van der Waals surface area contributed by atoms with Crippen LogP contribution in [0.3, 0.4) is 0 Å². The van der Waals surface area contributed by atoms with E-state index in [1.54, 1.807) is 6.20 Å². The van der Waals surface area contributed by atoms with Crippen molar-refractivity contribution in [3.8, 4) is 16.9 Å². The Morgan fingerprint density at radius 3 is 2.70 bits per heavy atom. The molecule has 0 atom stereocenters. The lowest BCUT2D eigenvalue weighted by Crippen LogP contribution is -2.08. The molecule has 114 valence electrons. The van der Waals surface area contributed by atoms with Crippen molar-refractivity contribution in [3.05, 3.63) is 66.2 Å². The summed E-state index contributed by atoms with van der Waals surface area (Å²) in [7, 11) is 0. The molecule has 0 aliphatic heterocycles. The summed E-state index contributed by atoms with van der Waals surface area (Å²) in [4.78, 5) is 8.72. The lowest BCUT2D eigenvalue weighted by molar-refractivity contribution is 0.800. The Kier molecular flexibility index (Phi) is 2.94. The summed E-state index contributed by atoms with van der Waals surface area (Å²) in [5, 5.41) is 0. The smallest absolute Gasteiger partial charge is 0.154 e. The number of nitrogens with zero attached hydrogens (tertiary/aromatic N) is 4. The zero-order chi connectivity index (χ0) is 16.0. The molecule has 2 N–H and O–H groups in total. The van der Waals surface area contributed by atoms with E-state index in [4.69, 9.17) is 5.73 Å². The Balaban J connectivity index is 2.04. The number of fused-ring (bicyclic) bond motifs is 1. The zero-order valence-corrected chi connectivity index (χ0v) is 13.1. The molecule has 3 heterocycles. The van der Waals surface area contributed by atoms with Crippen LogP contribution >= 0.6 is 0 Å². The molecule has 3 aromatic heterocycles. The van der Waals surface area contributed by atoms with E-state index in [0.717, 1.165) is 33.8 Å². The van der Waals surface area contributed by atoms with Gasteiger partial charge >= 0.3 is 0 Å². The van der Waals surface area contributed by atoms with Crippen LogP contribution in [0, 0.1) is 13.8 Å². The first-order valence-corrected chi connectivity index (χ1v) is 7.48. The van der Waals surface area contributed by atoms with E-state index in [9.17, 15) is 0 Å². The van der Waals surface area contributed by atoms with Crippen molar-refractivity contribution in [2.24, 2.45) is 0 Å². The van der Waals surface area contributed by atoms with Gasteiger partial charge in [-0.1, -0.05) is 6.07 Å². The summed E-state index contributed by atoms with van der Waals surface area (Å²) in [6, 6.07) is 9.96. The number of aryl methyl sites for hydroxylation is 1. The minimum atomic E-state index is 0.787. The SMILES string of the molecule is Cc1ccc(N)c(C)c1-n1ccc2ncc(-c3cccnc3)n21. The minimum Gasteiger partial charge on any atom is -0.398 e. The second-order valence-corrected chi connectivity index (χ2v) is 5.66. The molecule has 0 unspecified atom stereocenters. The average molecular weight is 303 g/mol. The predicted octanol–water partition coefficient (Wildman–Crippen LogP) is 3.39. The highest BCUT2D eigenvalue weighted by Gasteiger charge is 2.14. The molecule has 5 nitrogen and oxygen atoms in total. The van der Waals surface area contributed by atoms with Crippen LogP contribution in [-0.2, 0) is 0 Å². The maximum absolute atomic E-state index is 6.12. The fraction of sp³-hybridized carbons (Fsp3) is 0.111. The van der Waals surface area contributed by atoms with Gasteiger partial charge in [0.25, 0.3) is 0 Å². The molecule has 0 aliphatic carbocycles. The quantitative estimate of drug-likeness (QED) is 0.577. The van der Waals surface area contributed by atoms with Gasteiger partial charge in [-0.3, -0.25) is 9.67 Å². The summed E-state index contributed by atoms with van der Waals surface area (Å²) in [5.74, 6) is 0. The van der Waals surface area contributed by atoms with Crippen molar-refractivity contribution in [1.29, 1.82) is 0 Å². The Morgan fingerprint density at radius 1 is 1.04 bits per heavy atom. The number of hydrogen-bond donors (Lipinski definition) is 1. The third kappa shape index (κ3) is 2.01. The number of rotatable bonds is 2. The highest BCUT2D eigenvalue weighted by atomic mass is 15.4. The van der Waals surface area contributed by atoms with E-state index < -0.39 is 0 Å². The molecule has 0 fully saturated rings. The second kappa shape index (κ2) is 4.98. The molecule has 0 saturated heterocycles. The van der Waals surface area contributed by atoms with Gasteiger partial charge in [0.05, 0.1) is 17.6 Å². The third-order valence-corrected chi connectivity index (χ3v) is 4.21. The lowest BCUT2D eigenvalue weighted by Gasteiger charge is -2.15. The summed E-state index contributed by atoms with van der Waals surface area (Å²) in [5.41, 5.74) is 13.1. The number of pyridine rings is 1. The maximum Gasteiger partial charge on any atom is 0.154 e. The first kappa shape index (κ1) is 13.6. The molecule has 4 rings (SSSR count). The summed E-state index contributed by atoms with van der Waals surface area (Å²) < 4.78 is 4.19. The number of benzene rings is 1. The molecule has 23 heavy (non-hydrogen) atoms. The van der Waals surface area contributed by atoms with Crippen LogP contribution in [0.15, 0.2) is 55.1 Å². The normalized spacial score (nSPS) is 11.2.